The van der Waals surface area contributed by atoms with Crippen LogP contribution in [0.15, 0.2) is 0 Å². The van der Waals surface area contributed by atoms with Crippen LogP contribution in [0.1, 0.15) is 86.8 Å². The van der Waals surface area contributed by atoms with Crippen LogP contribution in [0.3, 0.4) is 0 Å². The van der Waals surface area contributed by atoms with E-state index in [0.717, 1.165) is 12.8 Å². The minimum Gasteiger partial charge on any atom is -1.00 e. The van der Waals surface area contributed by atoms with Crippen LogP contribution in [0.25, 0.3) is 0 Å². The zero-order valence-electron chi connectivity index (χ0n) is 17.0. The monoisotopic (exact) mass is 374 g/mol. The Hall–Kier alpha value is 1.34. The van der Waals surface area contributed by atoms with Crippen LogP contribution < -0.4 is 59.1 Å². The summed E-state index contributed by atoms with van der Waals surface area (Å²) in [4.78, 5) is 10.3. The molecule has 6 nitrogen and oxygen atoms in total. The molecule has 0 aliphatic heterocycles. The third-order valence-corrected chi connectivity index (χ3v) is 2.99. The van der Waals surface area contributed by atoms with E-state index in [2.05, 4.69) is 6.92 Å². The molecular formula is C14H32Na2O6S. The Kier molecular flexibility index (Phi) is 32.5. The summed E-state index contributed by atoms with van der Waals surface area (Å²) < 4.78 is 31.6. The van der Waals surface area contributed by atoms with E-state index in [0.29, 0.717) is 6.42 Å². The van der Waals surface area contributed by atoms with Gasteiger partial charge in [-0.25, -0.2) is 0 Å². The third-order valence-electron chi connectivity index (χ3n) is 2.99. The molecule has 0 saturated carbocycles. The number of unbranched alkanes of at least 4 members (excludes halogenated alkanes) is 10. The molecular weight excluding hydrogens is 342 g/mol. The van der Waals surface area contributed by atoms with Gasteiger partial charge in [0.15, 0.2) is 0 Å². The number of hydrogen-bond acceptors (Lipinski definition) is 3. The van der Waals surface area contributed by atoms with Gasteiger partial charge in [-0.15, -0.1) is 0 Å². The van der Waals surface area contributed by atoms with Crippen molar-refractivity contribution in [2.75, 3.05) is 0 Å². The predicted molar refractivity (Wildman–Crippen MR) is 85.1 cm³/mol. The smallest absolute Gasteiger partial charge is 1.00 e. The van der Waals surface area contributed by atoms with Crippen molar-refractivity contribution in [3.63, 3.8) is 0 Å². The van der Waals surface area contributed by atoms with Gasteiger partial charge < -0.3 is 7.96 Å². The van der Waals surface area contributed by atoms with E-state index in [-0.39, 0.29) is 62.0 Å². The van der Waals surface area contributed by atoms with Gasteiger partial charge in [0.1, 0.15) is 0 Å². The summed E-state index contributed by atoms with van der Waals surface area (Å²) in [6.45, 7) is 2.25. The van der Waals surface area contributed by atoms with Crippen molar-refractivity contribution in [1.82, 2.24) is 0 Å². The van der Waals surface area contributed by atoms with Crippen LogP contribution in [-0.4, -0.2) is 28.6 Å². The molecule has 0 heterocycles. The summed E-state index contributed by atoms with van der Waals surface area (Å²) in [7, 11) is -4.67. The van der Waals surface area contributed by atoms with Crippen LogP contribution in [0.2, 0.25) is 0 Å². The van der Waals surface area contributed by atoms with Crippen molar-refractivity contribution < 1.29 is 89.4 Å². The summed E-state index contributed by atoms with van der Waals surface area (Å²) in [5.41, 5.74) is 0. The SMILES string of the molecule is CCCCCCCCCCCCCC(=O)O.O=S(=O)(O)O.[H-].[H-].[Na+].[Na+]. The molecule has 0 aromatic heterocycles. The van der Waals surface area contributed by atoms with E-state index in [1.807, 2.05) is 0 Å². The van der Waals surface area contributed by atoms with Crippen LogP contribution in [0.4, 0.5) is 0 Å². The summed E-state index contributed by atoms with van der Waals surface area (Å²) >= 11 is 0. The van der Waals surface area contributed by atoms with Crippen LogP contribution in [0, 0.1) is 0 Å². The van der Waals surface area contributed by atoms with Crippen molar-refractivity contribution in [2.45, 2.75) is 84.0 Å². The van der Waals surface area contributed by atoms with Gasteiger partial charge in [0.2, 0.25) is 0 Å². The predicted octanol–water partition coefficient (Wildman–Crippen LogP) is -1.65. The Labute approximate surface area is 188 Å². The Morgan fingerprint density at radius 1 is 0.783 bits per heavy atom. The normalized spacial score (nSPS) is 9.87. The average Bonchev–Trinajstić information content (AvgIpc) is 2.33. The van der Waals surface area contributed by atoms with Crippen molar-refractivity contribution in [2.24, 2.45) is 0 Å². The first-order valence-corrected chi connectivity index (χ1v) is 9.08. The number of rotatable bonds is 12. The molecule has 0 aliphatic rings. The molecule has 0 fully saturated rings. The van der Waals surface area contributed by atoms with Gasteiger partial charge in [-0.05, 0) is 6.42 Å². The Morgan fingerprint density at radius 2 is 1.04 bits per heavy atom. The molecule has 23 heavy (non-hydrogen) atoms. The van der Waals surface area contributed by atoms with Gasteiger partial charge in [0.25, 0.3) is 0 Å². The molecule has 0 aliphatic carbocycles. The van der Waals surface area contributed by atoms with Gasteiger partial charge in [-0.1, -0.05) is 71.1 Å². The topological polar surface area (TPSA) is 112 Å². The van der Waals surface area contributed by atoms with Gasteiger partial charge in [-0.3, -0.25) is 13.9 Å². The van der Waals surface area contributed by atoms with E-state index in [9.17, 15) is 4.79 Å². The van der Waals surface area contributed by atoms with Gasteiger partial charge in [-0.2, -0.15) is 8.42 Å². The molecule has 0 rings (SSSR count). The van der Waals surface area contributed by atoms with E-state index in [4.69, 9.17) is 22.6 Å². The largest absolute Gasteiger partial charge is 1.00 e. The summed E-state index contributed by atoms with van der Waals surface area (Å²) in [6.07, 6.45) is 14.4. The van der Waals surface area contributed by atoms with Crippen molar-refractivity contribution in [3.8, 4) is 0 Å². The van der Waals surface area contributed by atoms with Gasteiger partial charge in [0, 0.05) is 6.42 Å². The maximum absolute atomic E-state index is 10.3. The molecule has 3 N–H and O–H groups in total. The maximum atomic E-state index is 10.3. The number of hydrogen-bond donors (Lipinski definition) is 3. The summed E-state index contributed by atoms with van der Waals surface area (Å²) in [5.74, 6) is -0.657. The standard InChI is InChI=1S/C14H28O2.2Na.H2O4S.2H/c1-2-3-4-5-6-7-8-9-10-11-12-13-14(15)16;;;1-5(2,3)4;;/h2-13H2,1H3,(H,15,16);;;(H2,1,2,3,4);;/q;2*+1;;2*-1. The zero-order valence-corrected chi connectivity index (χ0v) is 19.8. The second-order valence-corrected chi connectivity index (χ2v) is 6.02. The van der Waals surface area contributed by atoms with Crippen molar-refractivity contribution >= 4 is 16.4 Å². The maximum Gasteiger partial charge on any atom is 1.00 e. The van der Waals surface area contributed by atoms with E-state index in [1.165, 1.54) is 57.8 Å². The fourth-order valence-corrected chi connectivity index (χ4v) is 1.94. The fourth-order valence-electron chi connectivity index (χ4n) is 1.94. The number of carboxylic acids is 1. The first-order valence-electron chi connectivity index (χ1n) is 7.69. The minimum absolute atomic E-state index is 0. The Morgan fingerprint density at radius 3 is 1.30 bits per heavy atom. The summed E-state index contributed by atoms with van der Waals surface area (Å²) in [5, 5.41) is 8.46. The molecule has 0 amide bonds. The average molecular weight is 374 g/mol. The summed E-state index contributed by atoms with van der Waals surface area (Å²) in [6, 6.07) is 0. The van der Waals surface area contributed by atoms with Crippen LogP contribution >= 0.6 is 0 Å². The first-order chi connectivity index (χ1) is 9.77. The van der Waals surface area contributed by atoms with Gasteiger partial charge >= 0.3 is 75.5 Å². The van der Waals surface area contributed by atoms with Gasteiger partial charge in [0.05, 0.1) is 0 Å². The quantitative estimate of drug-likeness (QED) is 0.214. The fraction of sp³-hybridized carbons (Fsp3) is 0.929. The third kappa shape index (κ3) is 51.7. The number of aliphatic carboxylic acids is 1. The van der Waals surface area contributed by atoms with Crippen molar-refractivity contribution in [1.29, 1.82) is 0 Å². The molecule has 132 valence electrons. The second-order valence-electron chi connectivity index (χ2n) is 5.13. The molecule has 0 aromatic carbocycles. The molecule has 0 spiro atoms. The first kappa shape index (κ1) is 32.0. The number of carbonyl (C=O) groups is 1. The zero-order chi connectivity index (χ0) is 16.6. The minimum atomic E-state index is -4.67. The number of carboxylic acid groups (broad SMARTS) is 1. The molecule has 0 aromatic rings. The molecule has 9 heteroatoms. The van der Waals surface area contributed by atoms with E-state index in [1.54, 1.807) is 0 Å². The van der Waals surface area contributed by atoms with Crippen LogP contribution in [0.5, 0.6) is 0 Å². The van der Waals surface area contributed by atoms with E-state index >= 15 is 0 Å². The van der Waals surface area contributed by atoms with E-state index < -0.39 is 16.4 Å². The molecule has 0 saturated heterocycles. The Bertz CT molecular complexity index is 338. The molecule has 0 atom stereocenters. The van der Waals surface area contributed by atoms with Crippen LogP contribution in [-0.2, 0) is 15.2 Å². The molecule has 0 unspecified atom stereocenters. The molecule has 0 bridgehead atoms. The molecule has 0 radical (unpaired) electrons. The Balaban J connectivity index is -0.0000000887. The second kappa shape index (κ2) is 23.3. The van der Waals surface area contributed by atoms with Crippen molar-refractivity contribution in [3.05, 3.63) is 0 Å².